The number of para-hydroxylation sites is 1. The maximum absolute atomic E-state index is 12.8. The van der Waals surface area contributed by atoms with E-state index in [1.807, 2.05) is 18.2 Å². The van der Waals surface area contributed by atoms with E-state index in [1.165, 1.54) is 11.8 Å². The van der Waals surface area contributed by atoms with Gasteiger partial charge in [0.1, 0.15) is 5.54 Å². The Kier molecular flexibility index (Phi) is 4.45. The molecule has 6 nitrogen and oxygen atoms in total. The van der Waals surface area contributed by atoms with E-state index in [4.69, 9.17) is 0 Å². The van der Waals surface area contributed by atoms with Gasteiger partial charge in [0, 0.05) is 6.04 Å². The lowest BCUT2D eigenvalue weighted by Gasteiger charge is -2.22. The number of aromatic nitrogens is 2. The summed E-state index contributed by atoms with van der Waals surface area (Å²) >= 11 is 1.28. The molecule has 0 atom stereocenters. The number of amides is 1. The Bertz CT molecular complexity index is 952. The van der Waals surface area contributed by atoms with Crippen LogP contribution in [0, 0.1) is 11.3 Å². The summed E-state index contributed by atoms with van der Waals surface area (Å²) in [6.45, 7) is 0. The predicted octanol–water partition coefficient (Wildman–Crippen LogP) is 2.78. The summed E-state index contributed by atoms with van der Waals surface area (Å²) in [5, 5.41) is 13.5. The first-order chi connectivity index (χ1) is 12.6. The summed E-state index contributed by atoms with van der Waals surface area (Å²) in [4.78, 5) is 29.8. The lowest BCUT2D eigenvalue weighted by molar-refractivity contribution is -0.119. The molecule has 1 aromatic carbocycles. The molecule has 0 bridgehead atoms. The van der Waals surface area contributed by atoms with Gasteiger partial charge in [-0.2, -0.15) is 5.26 Å². The highest BCUT2D eigenvalue weighted by Crippen LogP contribution is 2.37. The molecule has 1 amide bonds. The van der Waals surface area contributed by atoms with Crippen LogP contribution < -0.4 is 10.9 Å². The van der Waals surface area contributed by atoms with Gasteiger partial charge in [-0.05, 0) is 50.7 Å². The zero-order chi connectivity index (χ0) is 18.1. The van der Waals surface area contributed by atoms with Crippen molar-refractivity contribution in [2.75, 3.05) is 5.75 Å². The molecular formula is C19H20N4O2S. The van der Waals surface area contributed by atoms with Crippen molar-refractivity contribution in [3.8, 4) is 6.07 Å². The summed E-state index contributed by atoms with van der Waals surface area (Å²) in [5.74, 6) is -0.0239. The molecule has 0 saturated heterocycles. The van der Waals surface area contributed by atoms with Crippen molar-refractivity contribution in [3.05, 3.63) is 34.6 Å². The molecule has 1 aromatic heterocycles. The molecule has 2 aliphatic carbocycles. The number of nitrogens with one attached hydrogen (secondary N) is 1. The molecule has 2 fully saturated rings. The topological polar surface area (TPSA) is 87.8 Å². The summed E-state index contributed by atoms with van der Waals surface area (Å²) in [6, 6.07) is 9.76. The Morgan fingerprint density at radius 3 is 2.77 bits per heavy atom. The van der Waals surface area contributed by atoms with Crippen molar-refractivity contribution in [2.24, 2.45) is 0 Å². The van der Waals surface area contributed by atoms with Crippen LogP contribution in [0.3, 0.4) is 0 Å². The molecule has 134 valence electrons. The molecule has 0 aliphatic heterocycles. The highest BCUT2D eigenvalue weighted by Gasteiger charge is 2.35. The minimum atomic E-state index is -0.718. The second kappa shape index (κ2) is 6.76. The quantitative estimate of drug-likeness (QED) is 0.648. The molecule has 1 N–H and O–H groups in total. The number of rotatable bonds is 5. The number of hydrogen-bond acceptors (Lipinski definition) is 5. The number of nitriles is 1. The fourth-order valence-electron chi connectivity index (χ4n) is 3.56. The van der Waals surface area contributed by atoms with E-state index < -0.39 is 5.54 Å². The van der Waals surface area contributed by atoms with Crippen molar-refractivity contribution in [1.82, 2.24) is 14.9 Å². The lowest BCUT2D eigenvalue weighted by Crippen LogP contribution is -2.45. The predicted molar refractivity (Wildman–Crippen MR) is 100.0 cm³/mol. The van der Waals surface area contributed by atoms with Crippen molar-refractivity contribution < 1.29 is 4.79 Å². The molecule has 26 heavy (non-hydrogen) atoms. The molecule has 2 aromatic rings. The number of carbonyl (C=O) groups is 1. The molecule has 0 unspecified atom stereocenters. The minimum absolute atomic E-state index is 0.0368. The largest absolute Gasteiger partial charge is 0.337 e. The maximum Gasteiger partial charge on any atom is 0.262 e. The van der Waals surface area contributed by atoms with E-state index >= 15 is 0 Å². The van der Waals surface area contributed by atoms with Crippen LogP contribution in [0.15, 0.2) is 34.2 Å². The van der Waals surface area contributed by atoms with Gasteiger partial charge in [-0.3, -0.25) is 14.2 Å². The van der Waals surface area contributed by atoms with Crippen LogP contribution in [0.25, 0.3) is 10.9 Å². The third kappa shape index (κ3) is 3.21. The summed E-state index contributed by atoms with van der Waals surface area (Å²) in [5.41, 5.74) is -0.100. The number of fused-ring (bicyclic) bond motifs is 1. The van der Waals surface area contributed by atoms with E-state index in [2.05, 4.69) is 16.4 Å². The molecule has 1 heterocycles. The number of carbonyl (C=O) groups excluding carboxylic acids is 1. The van der Waals surface area contributed by atoms with Gasteiger partial charge in [-0.15, -0.1) is 0 Å². The summed E-state index contributed by atoms with van der Waals surface area (Å²) in [7, 11) is 0. The molecule has 2 aliphatic rings. The molecule has 7 heteroatoms. The van der Waals surface area contributed by atoms with Crippen LogP contribution in [-0.2, 0) is 4.79 Å². The molecule has 4 rings (SSSR count). The van der Waals surface area contributed by atoms with E-state index in [1.54, 1.807) is 10.6 Å². The third-order valence-electron chi connectivity index (χ3n) is 5.07. The highest BCUT2D eigenvalue weighted by atomic mass is 32.2. The minimum Gasteiger partial charge on any atom is -0.337 e. The Morgan fingerprint density at radius 2 is 2.08 bits per heavy atom. The molecule has 2 saturated carbocycles. The second-order valence-electron chi connectivity index (χ2n) is 7.06. The van der Waals surface area contributed by atoms with E-state index in [9.17, 15) is 14.9 Å². The van der Waals surface area contributed by atoms with Gasteiger partial charge in [-0.25, -0.2) is 4.98 Å². The number of hydrogen-bond donors (Lipinski definition) is 1. The van der Waals surface area contributed by atoms with Crippen LogP contribution in [0.5, 0.6) is 0 Å². The summed E-state index contributed by atoms with van der Waals surface area (Å²) in [6.07, 6.45) is 5.29. The fourth-order valence-corrected chi connectivity index (χ4v) is 4.42. The Labute approximate surface area is 155 Å². The van der Waals surface area contributed by atoms with Crippen LogP contribution in [0.1, 0.15) is 44.6 Å². The second-order valence-corrected chi connectivity index (χ2v) is 8.00. The average molecular weight is 368 g/mol. The van der Waals surface area contributed by atoms with E-state index in [-0.39, 0.29) is 23.3 Å². The first-order valence-corrected chi connectivity index (χ1v) is 9.97. The summed E-state index contributed by atoms with van der Waals surface area (Å²) < 4.78 is 1.73. The lowest BCUT2D eigenvalue weighted by atomic mass is 10.0. The van der Waals surface area contributed by atoms with Gasteiger partial charge in [0.05, 0.1) is 22.7 Å². The van der Waals surface area contributed by atoms with E-state index in [0.29, 0.717) is 28.9 Å². The van der Waals surface area contributed by atoms with Crippen LogP contribution in [0.4, 0.5) is 0 Å². The Hall–Kier alpha value is -2.33. The standard InChI is InChI=1S/C19H20N4O2S/c20-12-19(9-3-4-10-19)22-16(24)11-26-18-21-15-6-2-1-5-14(15)17(25)23(18)13-7-8-13/h1-2,5-6,13H,3-4,7-11H2,(H,22,24). The van der Waals surface area contributed by atoms with Gasteiger partial charge in [0.2, 0.25) is 5.91 Å². The van der Waals surface area contributed by atoms with Crippen molar-refractivity contribution in [2.45, 2.75) is 55.3 Å². The number of thioether (sulfide) groups is 1. The third-order valence-corrected chi connectivity index (χ3v) is 6.02. The maximum atomic E-state index is 12.8. The molecular weight excluding hydrogens is 348 g/mol. The normalized spacial score (nSPS) is 18.6. The smallest absolute Gasteiger partial charge is 0.262 e. The van der Waals surface area contributed by atoms with Gasteiger partial charge < -0.3 is 5.32 Å². The van der Waals surface area contributed by atoms with Gasteiger partial charge in [0.25, 0.3) is 5.56 Å². The molecule has 0 spiro atoms. The van der Waals surface area contributed by atoms with Gasteiger partial charge in [-0.1, -0.05) is 23.9 Å². The molecule has 0 radical (unpaired) electrons. The van der Waals surface area contributed by atoms with Gasteiger partial charge in [0.15, 0.2) is 5.16 Å². The fraction of sp³-hybridized carbons (Fsp3) is 0.474. The van der Waals surface area contributed by atoms with Crippen LogP contribution in [0.2, 0.25) is 0 Å². The number of nitrogens with zero attached hydrogens (tertiary/aromatic N) is 3. The average Bonchev–Trinajstić information content (AvgIpc) is 3.38. The monoisotopic (exact) mass is 368 g/mol. The van der Waals surface area contributed by atoms with Crippen molar-refractivity contribution in [3.63, 3.8) is 0 Å². The zero-order valence-corrected chi connectivity index (χ0v) is 15.2. The zero-order valence-electron chi connectivity index (χ0n) is 14.4. The number of benzene rings is 1. The highest BCUT2D eigenvalue weighted by molar-refractivity contribution is 7.99. The Balaban J connectivity index is 1.55. The van der Waals surface area contributed by atoms with Crippen LogP contribution >= 0.6 is 11.8 Å². The van der Waals surface area contributed by atoms with Crippen molar-refractivity contribution >= 4 is 28.6 Å². The first-order valence-electron chi connectivity index (χ1n) is 8.98. The van der Waals surface area contributed by atoms with Crippen LogP contribution in [-0.4, -0.2) is 26.8 Å². The SMILES string of the molecule is N#CC1(NC(=O)CSc2nc3ccccc3c(=O)n2C2CC2)CCCC1. The Morgan fingerprint density at radius 1 is 1.35 bits per heavy atom. The first kappa shape index (κ1) is 17.1. The van der Waals surface area contributed by atoms with Gasteiger partial charge >= 0.3 is 0 Å². The van der Waals surface area contributed by atoms with Crippen molar-refractivity contribution in [1.29, 1.82) is 5.26 Å². The van der Waals surface area contributed by atoms with E-state index in [0.717, 1.165) is 25.7 Å².